The fourth-order valence-corrected chi connectivity index (χ4v) is 1.64. The maximum absolute atomic E-state index is 4.30. The molecule has 0 aliphatic heterocycles. The Morgan fingerprint density at radius 2 is 2.00 bits per heavy atom. The molecule has 3 nitrogen and oxygen atoms in total. The molecule has 19 heavy (non-hydrogen) atoms. The minimum absolute atomic E-state index is 0.888. The molecule has 0 aromatic carbocycles. The van der Waals surface area contributed by atoms with Crippen LogP contribution in [0.2, 0.25) is 0 Å². The van der Waals surface area contributed by atoms with Gasteiger partial charge in [0.05, 0.1) is 6.20 Å². The van der Waals surface area contributed by atoms with Crippen LogP contribution in [0.4, 0.5) is 5.82 Å². The molecule has 106 valence electrons. The fraction of sp³-hybridized carbons (Fsp3) is 0.438. The zero-order valence-electron chi connectivity index (χ0n) is 13.1. The van der Waals surface area contributed by atoms with Gasteiger partial charge in [-0.25, -0.2) is 0 Å². The van der Waals surface area contributed by atoms with Crippen molar-refractivity contribution in [2.24, 2.45) is 7.05 Å². The largest absolute Gasteiger partial charge is 0.370 e. The highest BCUT2D eigenvalue weighted by molar-refractivity contribution is 5.81. The van der Waals surface area contributed by atoms with Crippen molar-refractivity contribution in [1.82, 2.24) is 9.78 Å². The zero-order valence-corrected chi connectivity index (χ0v) is 13.1. The van der Waals surface area contributed by atoms with E-state index >= 15 is 0 Å². The van der Waals surface area contributed by atoms with E-state index in [1.165, 1.54) is 0 Å². The van der Waals surface area contributed by atoms with Crippen LogP contribution in [-0.4, -0.2) is 16.3 Å². The molecule has 1 rings (SSSR count). The van der Waals surface area contributed by atoms with Gasteiger partial charge < -0.3 is 5.32 Å². The summed E-state index contributed by atoms with van der Waals surface area (Å²) in [5.74, 6) is 1.06. The molecule has 0 atom stereocenters. The van der Waals surface area contributed by atoms with Gasteiger partial charge in [0.25, 0.3) is 0 Å². The highest BCUT2D eigenvalue weighted by Crippen LogP contribution is 2.24. The summed E-state index contributed by atoms with van der Waals surface area (Å²) < 4.78 is 1.87. The molecule has 1 aromatic rings. The van der Waals surface area contributed by atoms with E-state index < -0.39 is 0 Å². The van der Waals surface area contributed by atoms with Crippen LogP contribution in [0, 0.1) is 0 Å². The number of nitrogens with one attached hydrogen (secondary N) is 1. The number of anilines is 1. The van der Waals surface area contributed by atoms with Crippen LogP contribution in [-0.2, 0) is 7.05 Å². The van der Waals surface area contributed by atoms with Crippen LogP contribution in [0.5, 0.6) is 0 Å². The Kier molecular flexibility index (Phi) is 9.23. The van der Waals surface area contributed by atoms with Crippen molar-refractivity contribution < 1.29 is 0 Å². The lowest BCUT2D eigenvalue weighted by atomic mass is 10.1. The van der Waals surface area contributed by atoms with E-state index in [0.717, 1.165) is 23.5 Å². The van der Waals surface area contributed by atoms with Crippen molar-refractivity contribution in [3.63, 3.8) is 0 Å². The van der Waals surface area contributed by atoms with Crippen molar-refractivity contribution >= 4 is 11.4 Å². The molecule has 0 aliphatic carbocycles. The summed E-state index contributed by atoms with van der Waals surface area (Å²) in [6, 6.07) is 0. The van der Waals surface area contributed by atoms with Crippen molar-refractivity contribution in [3.05, 3.63) is 42.1 Å². The molecule has 0 fully saturated rings. The lowest BCUT2D eigenvalue weighted by Crippen LogP contribution is -2.05. The number of rotatable bonds is 5. The van der Waals surface area contributed by atoms with E-state index in [-0.39, 0.29) is 0 Å². The molecule has 0 amide bonds. The number of aryl methyl sites for hydroxylation is 1. The van der Waals surface area contributed by atoms with Gasteiger partial charge in [-0.05, 0) is 26.3 Å². The molecule has 0 saturated heterocycles. The summed E-state index contributed by atoms with van der Waals surface area (Å²) in [7, 11) is 1.95. The van der Waals surface area contributed by atoms with Crippen molar-refractivity contribution in [3.8, 4) is 0 Å². The molecule has 0 spiro atoms. The Morgan fingerprint density at radius 3 is 2.53 bits per heavy atom. The van der Waals surface area contributed by atoms with E-state index in [4.69, 9.17) is 0 Å². The third-order valence-electron chi connectivity index (χ3n) is 2.41. The molecule has 1 heterocycles. The number of allylic oxidation sites excluding steroid dienone is 6. The van der Waals surface area contributed by atoms with Gasteiger partial charge in [0, 0.05) is 19.2 Å². The summed E-state index contributed by atoms with van der Waals surface area (Å²) in [5, 5.41) is 7.64. The van der Waals surface area contributed by atoms with Gasteiger partial charge in [0.15, 0.2) is 0 Å². The first kappa shape index (κ1) is 17.2. The number of nitrogens with zero attached hydrogens (tertiary/aromatic N) is 2. The normalized spacial score (nSPS) is 11.8. The van der Waals surface area contributed by atoms with Crippen LogP contribution in [0.1, 0.15) is 40.2 Å². The van der Waals surface area contributed by atoms with E-state index in [2.05, 4.69) is 29.5 Å². The first-order chi connectivity index (χ1) is 9.24. The average molecular weight is 261 g/mol. The predicted molar refractivity (Wildman–Crippen MR) is 86.3 cm³/mol. The quantitative estimate of drug-likeness (QED) is 0.795. The lowest BCUT2D eigenvalue weighted by Gasteiger charge is -2.07. The van der Waals surface area contributed by atoms with Crippen LogP contribution < -0.4 is 5.32 Å². The Balaban J connectivity index is 0.00000154. The first-order valence-electron chi connectivity index (χ1n) is 6.96. The van der Waals surface area contributed by atoms with Crippen molar-refractivity contribution in [2.75, 3.05) is 11.9 Å². The summed E-state index contributed by atoms with van der Waals surface area (Å²) in [6.07, 6.45) is 12.2. The molecule has 0 aliphatic rings. The monoisotopic (exact) mass is 261 g/mol. The molecule has 0 unspecified atom stereocenters. The summed E-state index contributed by atoms with van der Waals surface area (Å²) >= 11 is 0. The number of hydrogen-bond acceptors (Lipinski definition) is 2. The van der Waals surface area contributed by atoms with Gasteiger partial charge in [-0.2, -0.15) is 5.10 Å². The Bertz CT molecular complexity index is 437. The van der Waals surface area contributed by atoms with Crippen molar-refractivity contribution in [2.45, 2.75) is 34.6 Å². The highest BCUT2D eigenvalue weighted by atomic mass is 15.3. The predicted octanol–water partition coefficient (Wildman–Crippen LogP) is 4.41. The van der Waals surface area contributed by atoms with Gasteiger partial charge in [-0.15, -0.1) is 0 Å². The van der Waals surface area contributed by atoms with E-state index in [0.29, 0.717) is 0 Å². The first-order valence-corrected chi connectivity index (χ1v) is 6.96. The number of aromatic nitrogens is 2. The summed E-state index contributed by atoms with van der Waals surface area (Å²) in [5.41, 5.74) is 2.29. The van der Waals surface area contributed by atoms with Crippen molar-refractivity contribution in [1.29, 1.82) is 0 Å². The molecule has 1 aromatic heterocycles. The minimum Gasteiger partial charge on any atom is -0.370 e. The Morgan fingerprint density at radius 1 is 1.32 bits per heavy atom. The van der Waals surface area contributed by atoms with E-state index in [9.17, 15) is 0 Å². The van der Waals surface area contributed by atoms with Crippen LogP contribution in [0.25, 0.3) is 5.57 Å². The second-order valence-electron chi connectivity index (χ2n) is 3.71. The molecule has 1 N–H and O–H groups in total. The van der Waals surface area contributed by atoms with Crippen LogP contribution in [0.15, 0.2) is 36.6 Å². The standard InChI is InChI=1S/C14H21N3.C2H6/c1-5-8-10-12(9-6-2)13-11-16-17(4)14(13)15-7-3;1-2/h5-6,8-11,15H,7H2,1-4H3;1-2H3/b8-5-,9-6-,12-10+;. The smallest absolute Gasteiger partial charge is 0.131 e. The van der Waals surface area contributed by atoms with Gasteiger partial charge in [0.2, 0.25) is 0 Å². The average Bonchev–Trinajstić information content (AvgIpc) is 2.79. The second kappa shape index (κ2) is 10.2. The molecular weight excluding hydrogens is 234 g/mol. The van der Waals surface area contributed by atoms with Gasteiger partial charge in [-0.1, -0.05) is 44.2 Å². The third kappa shape index (κ3) is 5.16. The molecular formula is C16H27N3. The third-order valence-corrected chi connectivity index (χ3v) is 2.41. The van der Waals surface area contributed by atoms with Crippen LogP contribution in [0.3, 0.4) is 0 Å². The lowest BCUT2D eigenvalue weighted by molar-refractivity contribution is 0.771. The number of hydrogen-bond donors (Lipinski definition) is 1. The van der Waals surface area contributed by atoms with Gasteiger partial charge in [-0.3, -0.25) is 4.68 Å². The molecule has 0 saturated carbocycles. The Labute approximate surface area is 117 Å². The zero-order chi connectivity index (χ0) is 14.7. The molecule has 3 heteroatoms. The topological polar surface area (TPSA) is 29.9 Å². The molecule has 0 radical (unpaired) electrons. The second-order valence-corrected chi connectivity index (χ2v) is 3.71. The summed E-state index contributed by atoms with van der Waals surface area (Å²) in [4.78, 5) is 0. The highest BCUT2D eigenvalue weighted by Gasteiger charge is 2.09. The Hall–Kier alpha value is -1.77. The summed E-state index contributed by atoms with van der Waals surface area (Å²) in [6.45, 7) is 11.0. The maximum atomic E-state index is 4.30. The SMILES string of the molecule is CC.C\C=C/C=C(\C=C/C)c1cnn(C)c1NCC. The van der Waals surface area contributed by atoms with Gasteiger partial charge in [0.1, 0.15) is 5.82 Å². The maximum Gasteiger partial charge on any atom is 0.131 e. The minimum atomic E-state index is 0.888. The van der Waals surface area contributed by atoms with E-state index in [1.54, 1.807) is 0 Å². The van der Waals surface area contributed by atoms with E-state index in [1.807, 2.05) is 63.8 Å². The van der Waals surface area contributed by atoms with Gasteiger partial charge >= 0.3 is 0 Å². The molecule has 0 bridgehead atoms. The van der Waals surface area contributed by atoms with Crippen LogP contribution >= 0.6 is 0 Å². The fourth-order valence-electron chi connectivity index (χ4n) is 1.64.